The Morgan fingerprint density at radius 3 is 2.53 bits per heavy atom. The zero-order valence-electron chi connectivity index (χ0n) is 18.6. The van der Waals surface area contributed by atoms with Crippen molar-refractivity contribution in [3.8, 4) is 17.6 Å². The maximum atomic E-state index is 13.0. The van der Waals surface area contributed by atoms with E-state index in [1.54, 1.807) is 24.3 Å². The molecular weight excluding hydrogens is 434 g/mol. The van der Waals surface area contributed by atoms with Crippen LogP contribution in [0, 0.1) is 17.3 Å². The Morgan fingerprint density at radius 1 is 1.15 bits per heavy atom. The Kier molecular flexibility index (Phi) is 5.21. The van der Waals surface area contributed by atoms with Crippen molar-refractivity contribution < 1.29 is 19.1 Å². The normalized spacial score (nSPS) is 20.7. The fraction of sp³-hybridized carbons (Fsp3) is 0.280. The van der Waals surface area contributed by atoms with Gasteiger partial charge in [0.15, 0.2) is 0 Å². The standard InChI is InChI=1S/C25H23N5O4/c1-34-19-8-7-18-14-30(22(31)20(18)13-19)15-25(23(32)27-24(33)28-25)10-9-16-3-5-17(6-4-16)21(26)29-11-2-12-29/h3-8,13,26H,2,11-12,14-15H2,1H3,(H2,27,28,32,33). The van der Waals surface area contributed by atoms with Crippen LogP contribution in [0.3, 0.4) is 0 Å². The number of nitrogens with one attached hydrogen (secondary N) is 3. The predicted octanol–water partition coefficient (Wildman–Crippen LogP) is 1.31. The lowest BCUT2D eigenvalue weighted by molar-refractivity contribution is -0.122. The van der Waals surface area contributed by atoms with Crippen molar-refractivity contribution in [2.24, 2.45) is 0 Å². The molecule has 2 aromatic rings. The molecule has 9 nitrogen and oxygen atoms in total. The lowest BCUT2D eigenvalue weighted by atomic mass is 9.98. The molecule has 172 valence electrons. The smallest absolute Gasteiger partial charge is 0.323 e. The van der Waals surface area contributed by atoms with Crippen LogP contribution >= 0.6 is 0 Å². The number of nitrogens with zero attached hydrogens (tertiary/aromatic N) is 2. The van der Waals surface area contributed by atoms with Gasteiger partial charge in [-0.25, -0.2) is 4.79 Å². The maximum Gasteiger partial charge on any atom is 0.323 e. The number of imide groups is 1. The van der Waals surface area contributed by atoms with Crippen LogP contribution in [0.1, 0.15) is 33.5 Å². The largest absolute Gasteiger partial charge is 0.497 e. The number of carbonyl (C=O) groups is 3. The lowest BCUT2D eigenvalue weighted by Crippen LogP contribution is -2.54. The van der Waals surface area contributed by atoms with Gasteiger partial charge in [-0.1, -0.05) is 30.0 Å². The predicted molar refractivity (Wildman–Crippen MR) is 123 cm³/mol. The Hall–Kier alpha value is -4.32. The minimum absolute atomic E-state index is 0.0922. The summed E-state index contributed by atoms with van der Waals surface area (Å²) in [6.07, 6.45) is 1.10. The minimum Gasteiger partial charge on any atom is -0.497 e. The second kappa shape index (κ2) is 8.23. The lowest BCUT2D eigenvalue weighted by Gasteiger charge is -2.33. The number of hydrogen-bond donors (Lipinski definition) is 3. The first-order chi connectivity index (χ1) is 16.4. The molecule has 2 saturated heterocycles. The van der Waals surface area contributed by atoms with Gasteiger partial charge in [-0.3, -0.25) is 20.3 Å². The van der Waals surface area contributed by atoms with Crippen LogP contribution < -0.4 is 15.4 Å². The third-order valence-corrected chi connectivity index (χ3v) is 6.32. The molecule has 0 bridgehead atoms. The highest BCUT2D eigenvalue weighted by Crippen LogP contribution is 2.28. The molecule has 3 N–H and O–H groups in total. The fourth-order valence-electron chi connectivity index (χ4n) is 4.22. The highest BCUT2D eigenvalue weighted by molar-refractivity contribution is 6.10. The zero-order valence-corrected chi connectivity index (χ0v) is 18.6. The van der Waals surface area contributed by atoms with E-state index in [1.165, 1.54) is 12.0 Å². The number of benzene rings is 2. The van der Waals surface area contributed by atoms with Crippen LogP contribution in [0.4, 0.5) is 4.79 Å². The van der Waals surface area contributed by atoms with Gasteiger partial charge in [0.25, 0.3) is 11.8 Å². The molecule has 5 rings (SSSR count). The molecule has 9 heteroatoms. The summed E-state index contributed by atoms with van der Waals surface area (Å²) in [7, 11) is 1.53. The molecule has 0 spiro atoms. The number of likely N-dealkylation sites (tertiary alicyclic amines) is 1. The molecule has 0 saturated carbocycles. The van der Waals surface area contributed by atoms with E-state index in [9.17, 15) is 14.4 Å². The Balaban J connectivity index is 1.38. The van der Waals surface area contributed by atoms with Crippen molar-refractivity contribution in [2.45, 2.75) is 18.5 Å². The number of fused-ring (bicyclic) bond motifs is 1. The summed E-state index contributed by atoms with van der Waals surface area (Å²) in [4.78, 5) is 41.3. The monoisotopic (exact) mass is 457 g/mol. The third-order valence-electron chi connectivity index (χ3n) is 6.32. The molecule has 2 fully saturated rings. The van der Waals surface area contributed by atoms with Crippen LogP contribution in [0.15, 0.2) is 42.5 Å². The van der Waals surface area contributed by atoms with Crippen LogP contribution in [0.2, 0.25) is 0 Å². The van der Waals surface area contributed by atoms with Gasteiger partial charge in [0.2, 0.25) is 5.54 Å². The molecule has 2 aromatic carbocycles. The van der Waals surface area contributed by atoms with Gasteiger partial charge in [0.05, 0.1) is 13.7 Å². The molecular formula is C25H23N5O4. The summed E-state index contributed by atoms with van der Waals surface area (Å²) in [6, 6.07) is 11.8. The molecule has 1 atom stereocenters. The highest BCUT2D eigenvalue weighted by Gasteiger charge is 2.48. The molecule has 3 aliphatic heterocycles. The molecule has 34 heavy (non-hydrogen) atoms. The number of hydrogen-bond acceptors (Lipinski definition) is 5. The SMILES string of the molecule is COc1ccc2c(c1)C(=O)N(CC1(C#Cc3ccc(C(=N)N4CCC4)cc3)NC(=O)NC1=O)C2. The van der Waals surface area contributed by atoms with E-state index in [-0.39, 0.29) is 12.5 Å². The highest BCUT2D eigenvalue weighted by atomic mass is 16.5. The fourth-order valence-corrected chi connectivity index (χ4v) is 4.22. The number of carbonyl (C=O) groups excluding carboxylic acids is 3. The van der Waals surface area contributed by atoms with Crippen molar-refractivity contribution in [1.82, 2.24) is 20.4 Å². The molecule has 0 aromatic heterocycles. The van der Waals surface area contributed by atoms with E-state index >= 15 is 0 Å². The van der Waals surface area contributed by atoms with E-state index in [2.05, 4.69) is 22.5 Å². The Bertz CT molecular complexity index is 1270. The van der Waals surface area contributed by atoms with E-state index < -0.39 is 17.5 Å². The number of amides is 4. The second-order valence-electron chi connectivity index (χ2n) is 8.51. The first kappa shape index (κ1) is 21.5. The van der Waals surface area contributed by atoms with Crippen molar-refractivity contribution in [3.05, 3.63) is 64.7 Å². The van der Waals surface area contributed by atoms with Crippen molar-refractivity contribution in [2.75, 3.05) is 26.7 Å². The summed E-state index contributed by atoms with van der Waals surface area (Å²) < 4.78 is 5.21. The van der Waals surface area contributed by atoms with Crippen LogP contribution in [-0.4, -0.2) is 65.8 Å². The minimum atomic E-state index is -1.57. The molecule has 0 radical (unpaired) electrons. The summed E-state index contributed by atoms with van der Waals surface area (Å²) in [5.41, 5.74) is 1.19. The van der Waals surface area contributed by atoms with E-state index in [1.807, 2.05) is 23.1 Å². The van der Waals surface area contributed by atoms with Crippen LogP contribution in [-0.2, 0) is 11.3 Å². The van der Waals surface area contributed by atoms with Crippen molar-refractivity contribution >= 4 is 23.7 Å². The molecule has 0 aliphatic carbocycles. The van der Waals surface area contributed by atoms with Gasteiger partial charge in [-0.2, -0.15) is 0 Å². The zero-order chi connectivity index (χ0) is 23.9. The summed E-state index contributed by atoms with van der Waals surface area (Å²) in [5, 5.41) is 13.1. The average molecular weight is 457 g/mol. The van der Waals surface area contributed by atoms with Crippen LogP contribution in [0.25, 0.3) is 0 Å². The van der Waals surface area contributed by atoms with Gasteiger partial charge in [-0.05, 0) is 36.2 Å². The van der Waals surface area contributed by atoms with E-state index in [0.29, 0.717) is 29.3 Å². The number of methoxy groups -OCH3 is 1. The second-order valence-corrected chi connectivity index (χ2v) is 8.51. The topological polar surface area (TPSA) is 115 Å². The summed E-state index contributed by atoms with van der Waals surface area (Å²) >= 11 is 0. The van der Waals surface area contributed by atoms with Crippen molar-refractivity contribution in [3.63, 3.8) is 0 Å². The van der Waals surface area contributed by atoms with E-state index in [4.69, 9.17) is 10.1 Å². The summed E-state index contributed by atoms with van der Waals surface area (Å²) in [5.74, 6) is 6.07. The van der Waals surface area contributed by atoms with Gasteiger partial charge >= 0.3 is 6.03 Å². The summed E-state index contributed by atoms with van der Waals surface area (Å²) in [6.45, 7) is 2.00. The van der Waals surface area contributed by atoms with Crippen LogP contribution in [0.5, 0.6) is 5.75 Å². The quantitative estimate of drug-likeness (QED) is 0.277. The molecule has 3 heterocycles. The molecule has 4 amide bonds. The van der Waals surface area contributed by atoms with Gasteiger partial charge in [-0.15, -0.1) is 0 Å². The van der Waals surface area contributed by atoms with Gasteiger partial charge in [0, 0.05) is 36.3 Å². The third kappa shape index (κ3) is 3.73. The maximum absolute atomic E-state index is 13.0. The molecule has 3 aliphatic rings. The average Bonchev–Trinajstić information content (AvgIpc) is 3.26. The first-order valence-corrected chi connectivity index (χ1v) is 11.0. The van der Waals surface area contributed by atoms with E-state index in [0.717, 1.165) is 30.6 Å². The van der Waals surface area contributed by atoms with Gasteiger partial charge < -0.3 is 19.9 Å². The first-order valence-electron chi connectivity index (χ1n) is 11.0. The number of rotatable bonds is 4. The number of urea groups is 1. The number of amidine groups is 1. The number of ether oxygens (including phenoxy) is 1. The Labute approximate surface area is 196 Å². The Morgan fingerprint density at radius 2 is 1.91 bits per heavy atom. The molecule has 1 unspecified atom stereocenters. The van der Waals surface area contributed by atoms with Gasteiger partial charge in [0.1, 0.15) is 11.6 Å². The van der Waals surface area contributed by atoms with Crippen molar-refractivity contribution in [1.29, 1.82) is 5.41 Å².